The molecule has 0 aliphatic rings. The van der Waals surface area contributed by atoms with E-state index in [9.17, 15) is 8.78 Å². The number of imidazole rings is 1. The predicted molar refractivity (Wildman–Crippen MR) is 76.2 cm³/mol. The molecule has 4 nitrogen and oxygen atoms in total. The van der Waals surface area contributed by atoms with Crippen molar-refractivity contribution < 1.29 is 8.78 Å². The first-order chi connectivity index (χ1) is 10.6. The fraction of sp³-hybridized carbons (Fsp3) is 0.188. The summed E-state index contributed by atoms with van der Waals surface area (Å²) in [6, 6.07) is 4.35. The number of aryl methyl sites for hydroxylation is 1. The highest BCUT2D eigenvalue weighted by molar-refractivity contribution is 5.48. The van der Waals surface area contributed by atoms with Gasteiger partial charge in [-0.25, -0.2) is 18.7 Å². The van der Waals surface area contributed by atoms with Crippen LogP contribution in [0.1, 0.15) is 29.4 Å². The molecule has 0 saturated carbocycles. The van der Waals surface area contributed by atoms with Crippen LogP contribution in [-0.4, -0.2) is 14.4 Å². The number of fused-ring (bicyclic) bond motifs is 1. The zero-order chi connectivity index (χ0) is 15.7. The Kier molecular flexibility index (Phi) is 3.55. The summed E-state index contributed by atoms with van der Waals surface area (Å²) in [6.45, 7) is 1.77. The second kappa shape index (κ2) is 5.53. The lowest BCUT2D eigenvalue weighted by atomic mass is 10.0. The van der Waals surface area contributed by atoms with E-state index < -0.39 is 11.6 Å². The van der Waals surface area contributed by atoms with Crippen LogP contribution in [0, 0.1) is 23.0 Å². The SMILES string of the molecule is CCc1cc(F)c(Cc2nc(C#N)cn3ccnc23)cc1F. The molecule has 1 aromatic carbocycles. The first-order valence-corrected chi connectivity index (χ1v) is 6.82. The molecule has 2 heterocycles. The molecule has 0 N–H and O–H groups in total. The number of nitriles is 1. The molecule has 0 saturated heterocycles. The number of nitrogens with zero attached hydrogens (tertiary/aromatic N) is 4. The van der Waals surface area contributed by atoms with Crippen LogP contribution in [0.15, 0.2) is 30.7 Å². The molecule has 0 fully saturated rings. The molecule has 0 aliphatic carbocycles. The zero-order valence-corrected chi connectivity index (χ0v) is 11.8. The Bertz CT molecular complexity index is 893. The van der Waals surface area contributed by atoms with Crippen molar-refractivity contribution in [2.24, 2.45) is 0 Å². The lowest BCUT2D eigenvalue weighted by molar-refractivity contribution is 0.576. The van der Waals surface area contributed by atoms with Crippen molar-refractivity contribution in [1.29, 1.82) is 5.26 Å². The minimum Gasteiger partial charge on any atom is -0.303 e. The summed E-state index contributed by atoms with van der Waals surface area (Å²) in [5, 5.41) is 9.01. The third-order valence-electron chi connectivity index (χ3n) is 3.51. The van der Waals surface area contributed by atoms with E-state index in [0.29, 0.717) is 23.3 Å². The first-order valence-electron chi connectivity index (χ1n) is 6.82. The van der Waals surface area contributed by atoms with Crippen LogP contribution in [0.4, 0.5) is 8.78 Å². The molecule has 6 heteroatoms. The fourth-order valence-electron chi connectivity index (χ4n) is 2.39. The van der Waals surface area contributed by atoms with E-state index in [2.05, 4.69) is 9.97 Å². The van der Waals surface area contributed by atoms with Crippen molar-refractivity contribution >= 4 is 5.65 Å². The molecule has 0 amide bonds. The first kappa shape index (κ1) is 14.1. The lowest BCUT2D eigenvalue weighted by Gasteiger charge is -2.08. The number of aromatic nitrogens is 3. The van der Waals surface area contributed by atoms with E-state index in [0.717, 1.165) is 0 Å². The normalized spacial score (nSPS) is 10.8. The third kappa shape index (κ3) is 2.42. The van der Waals surface area contributed by atoms with Crippen LogP contribution in [0.2, 0.25) is 0 Å². The van der Waals surface area contributed by atoms with Gasteiger partial charge < -0.3 is 4.40 Å². The summed E-state index contributed by atoms with van der Waals surface area (Å²) in [5.74, 6) is -0.915. The van der Waals surface area contributed by atoms with E-state index in [4.69, 9.17) is 5.26 Å². The number of hydrogen-bond acceptors (Lipinski definition) is 3. The number of rotatable bonds is 3. The molecule has 22 heavy (non-hydrogen) atoms. The van der Waals surface area contributed by atoms with Crippen molar-refractivity contribution in [2.75, 3.05) is 0 Å². The lowest BCUT2D eigenvalue weighted by Crippen LogP contribution is -2.03. The average Bonchev–Trinajstić information content (AvgIpc) is 2.99. The number of benzene rings is 1. The Labute approximate surface area is 125 Å². The summed E-state index contributed by atoms with van der Waals surface area (Å²) >= 11 is 0. The summed E-state index contributed by atoms with van der Waals surface area (Å²) in [7, 11) is 0. The molecule has 0 atom stereocenters. The Morgan fingerprint density at radius 3 is 2.68 bits per heavy atom. The monoisotopic (exact) mass is 298 g/mol. The van der Waals surface area contributed by atoms with Gasteiger partial charge in [0.1, 0.15) is 17.7 Å². The van der Waals surface area contributed by atoms with Gasteiger partial charge in [0.25, 0.3) is 0 Å². The van der Waals surface area contributed by atoms with Gasteiger partial charge in [0.15, 0.2) is 11.3 Å². The van der Waals surface area contributed by atoms with Gasteiger partial charge in [0.05, 0.1) is 5.69 Å². The quantitative estimate of drug-likeness (QED) is 0.747. The van der Waals surface area contributed by atoms with E-state index in [1.165, 1.54) is 12.1 Å². The van der Waals surface area contributed by atoms with Crippen LogP contribution in [0.5, 0.6) is 0 Å². The molecular weight excluding hydrogens is 286 g/mol. The third-order valence-corrected chi connectivity index (χ3v) is 3.51. The average molecular weight is 298 g/mol. The van der Waals surface area contributed by atoms with Crippen LogP contribution in [-0.2, 0) is 12.8 Å². The van der Waals surface area contributed by atoms with Gasteiger partial charge in [-0.1, -0.05) is 6.92 Å². The molecule has 110 valence electrons. The Morgan fingerprint density at radius 2 is 1.95 bits per heavy atom. The highest BCUT2D eigenvalue weighted by atomic mass is 19.1. The molecular formula is C16H12F2N4. The Balaban J connectivity index is 2.09. The minimum atomic E-state index is -0.480. The van der Waals surface area contributed by atoms with E-state index >= 15 is 0 Å². The van der Waals surface area contributed by atoms with Crippen LogP contribution in [0.3, 0.4) is 0 Å². The van der Waals surface area contributed by atoms with Crippen LogP contribution >= 0.6 is 0 Å². The Morgan fingerprint density at radius 1 is 1.23 bits per heavy atom. The van der Waals surface area contributed by atoms with Crippen molar-refractivity contribution in [3.63, 3.8) is 0 Å². The molecule has 0 bridgehead atoms. The van der Waals surface area contributed by atoms with Crippen LogP contribution < -0.4 is 0 Å². The van der Waals surface area contributed by atoms with Gasteiger partial charge in [-0.05, 0) is 29.7 Å². The second-order valence-corrected chi connectivity index (χ2v) is 4.91. The highest BCUT2D eigenvalue weighted by Crippen LogP contribution is 2.20. The summed E-state index contributed by atoms with van der Waals surface area (Å²) in [6.07, 6.45) is 5.29. The van der Waals surface area contributed by atoms with Crippen molar-refractivity contribution in [2.45, 2.75) is 19.8 Å². The maximum atomic E-state index is 14.1. The molecule has 0 unspecified atom stereocenters. The van der Waals surface area contributed by atoms with E-state index in [1.54, 1.807) is 29.9 Å². The highest BCUT2D eigenvalue weighted by Gasteiger charge is 2.14. The second-order valence-electron chi connectivity index (χ2n) is 4.91. The van der Waals surface area contributed by atoms with Gasteiger partial charge in [0.2, 0.25) is 0 Å². The van der Waals surface area contributed by atoms with Crippen molar-refractivity contribution in [3.8, 4) is 6.07 Å². The van der Waals surface area contributed by atoms with Crippen molar-refractivity contribution in [3.05, 3.63) is 64.9 Å². The van der Waals surface area contributed by atoms with Gasteiger partial charge in [-0.3, -0.25) is 0 Å². The molecule has 3 rings (SSSR count). The summed E-state index contributed by atoms with van der Waals surface area (Å²) < 4.78 is 29.6. The van der Waals surface area contributed by atoms with E-state index in [1.807, 2.05) is 6.07 Å². The largest absolute Gasteiger partial charge is 0.303 e. The summed E-state index contributed by atoms with van der Waals surface area (Å²) in [5.41, 5.74) is 1.70. The molecule has 2 aromatic heterocycles. The number of halogens is 2. The van der Waals surface area contributed by atoms with Gasteiger partial charge in [-0.15, -0.1) is 0 Å². The minimum absolute atomic E-state index is 0.0722. The molecule has 0 spiro atoms. The van der Waals surface area contributed by atoms with Crippen LogP contribution in [0.25, 0.3) is 5.65 Å². The fourth-order valence-corrected chi connectivity index (χ4v) is 2.39. The topological polar surface area (TPSA) is 54.0 Å². The maximum absolute atomic E-state index is 14.1. The van der Waals surface area contributed by atoms with Gasteiger partial charge in [-0.2, -0.15) is 5.26 Å². The smallest absolute Gasteiger partial charge is 0.158 e. The predicted octanol–water partition coefficient (Wildman–Crippen LogP) is 3.03. The summed E-state index contributed by atoms with van der Waals surface area (Å²) in [4.78, 5) is 8.32. The Hall–Kier alpha value is -2.81. The standard InChI is InChI=1S/C16H12F2N4/c1-2-10-5-14(18)11(6-13(10)17)7-15-16-20-3-4-22(16)9-12(8-19)21-15/h3-6,9H,2,7H2,1H3. The molecule has 0 aliphatic heterocycles. The maximum Gasteiger partial charge on any atom is 0.158 e. The number of hydrogen-bond donors (Lipinski definition) is 0. The van der Waals surface area contributed by atoms with Gasteiger partial charge in [0, 0.05) is 25.0 Å². The van der Waals surface area contributed by atoms with Crippen molar-refractivity contribution in [1.82, 2.24) is 14.4 Å². The van der Waals surface area contributed by atoms with E-state index in [-0.39, 0.29) is 17.7 Å². The molecule has 3 aromatic rings. The van der Waals surface area contributed by atoms with Gasteiger partial charge >= 0.3 is 0 Å². The zero-order valence-electron chi connectivity index (χ0n) is 11.8. The molecule has 0 radical (unpaired) electrons.